The van der Waals surface area contributed by atoms with Crippen LogP contribution < -0.4 is 5.32 Å². The molecule has 0 unspecified atom stereocenters. The number of H-pyrrole nitrogens is 1. The van der Waals surface area contributed by atoms with E-state index in [9.17, 15) is 4.79 Å². The Balaban J connectivity index is 1.52. The van der Waals surface area contributed by atoms with Crippen molar-refractivity contribution in [3.63, 3.8) is 0 Å². The molecule has 2 heterocycles. The summed E-state index contributed by atoms with van der Waals surface area (Å²) in [6.07, 6.45) is 2.45. The molecule has 1 saturated heterocycles. The second-order valence-electron chi connectivity index (χ2n) is 7.00. The predicted octanol–water partition coefficient (Wildman–Crippen LogP) is 3.44. The molecule has 2 aromatic carbocycles. The number of nitrogens with zero attached hydrogens (tertiary/aromatic N) is 2. The molecule has 1 atom stereocenters. The number of fused-ring (bicyclic) bond motifs is 1. The number of hydrogen-bond donors (Lipinski definition) is 2. The molecular weight excluding hydrogens is 324 g/mol. The summed E-state index contributed by atoms with van der Waals surface area (Å²) in [5.41, 5.74) is 3.85. The molecule has 1 aliphatic heterocycles. The van der Waals surface area contributed by atoms with E-state index in [4.69, 9.17) is 0 Å². The molecule has 134 valence electrons. The number of amides is 1. The topological polar surface area (TPSA) is 61.0 Å². The van der Waals surface area contributed by atoms with Crippen LogP contribution in [0, 0.1) is 6.92 Å². The number of para-hydroxylation sites is 1. The Labute approximate surface area is 153 Å². The van der Waals surface area contributed by atoms with Gasteiger partial charge in [-0.25, -0.2) is 0 Å². The predicted molar refractivity (Wildman–Crippen MR) is 103 cm³/mol. The Morgan fingerprint density at radius 1 is 1.15 bits per heavy atom. The maximum absolute atomic E-state index is 12.7. The zero-order valence-corrected chi connectivity index (χ0v) is 15.0. The van der Waals surface area contributed by atoms with E-state index in [1.165, 1.54) is 24.0 Å². The van der Waals surface area contributed by atoms with E-state index in [0.717, 1.165) is 24.0 Å². The van der Waals surface area contributed by atoms with Gasteiger partial charge in [-0.1, -0.05) is 48.0 Å². The molecule has 0 bridgehead atoms. The zero-order valence-electron chi connectivity index (χ0n) is 15.0. The van der Waals surface area contributed by atoms with Crippen LogP contribution in [0.3, 0.4) is 0 Å². The molecule has 0 saturated carbocycles. The molecular formula is C21H24N4O. The zero-order chi connectivity index (χ0) is 17.9. The van der Waals surface area contributed by atoms with E-state index < -0.39 is 0 Å². The molecule has 2 N–H and O–H groups in total. The molecule has 3 aromatic rings. The first-order chi connectivity index (χ1) is 12.7. The van der Waals surface area contributed by atoms with E-state index in [-0.39, 0.29) is 11.9 Å². The van der Waals surface area contributed by atoms with Gasteiger partial charge in [-0.15, -0.1) is 0 Å². The fourth-order valence-corrected chi connectivity index (χ4v) is 3.71. The second kappa shape index (κ2) is 7.30. The monoisotopic (exact) mass is 348 g/mol. The van der Waals surface area contributed by atoms with Gasteiger partial charge >= 0.3 is 0 Å². The summed E-state index contributed by atoms with van der Waals surface area (Å²) >= 11 is 0. The molecule has 1 amide bonds. The van der Waals surface area contributed by atoms with Crippen LogP contribution >= 0.6 is 0 Å². The van der Waals surface area contributed by atoms with Crippen LogP contribution in [-0.4, -0.2) is 40.6 Å². The third-order valence-corrected chi connectivity index (χ3v) is 5.18. The van der Waals surface area contributed by atoms with Crippen molar-refractivity contribution in [2.24, 2.45) is 0 Å². The van der Waals surface area contributed by atoms with Crippen molar-refractivity contribution in [1.82, 2.24) is 20.4 Å². The Kier molecular flexibility index (Phi) is 4.71. The first-order valence-electron chi connectivity index (χ1n) is 9.24. The highest BCUT2D eigenvalue weighted by atomic mass is 16.1. The fourth-order valence-electron chi connectivity index (χ4n) is 3.71. The highest BCUT2D eigenvalue weighted by molar-refractivity contribution is 6.04. The minimum absolute atomic E-state index is 0.126. The first-order valence-corrected chi connectivity index (χ1v) is 9.24. The molecule has 0 aliphatic carbocycles. The van der Waals surface area contributed by atoms with E-state index in [1.807, 2.05) is 24.3 Å². The summed E-state index contributed by atoms with van der Waals surface area (Å²) in [5.74, 6) is -0.126. The molecule has 1 aliphatic rings. The number of benzene rings is 2. The van der Waals surface area contributed by atoms with E-state index >= 15 is 0 Å². The van der Waals surface area contributed by atoms with Crippen LogP contribution in [0.25, 0.3) is 10.9 Å². The number of carbonyl (C=O) groups excluding carboxylic acids is 1. The number of rotatable bonds is 5. The third kappa shape index (κ3) is 3.35. The Morgan fingerprint density at radius 2 is 1.88 bits per heavy atom. The number of carbonyl (C=O) groups is 1. The average molecular weight is 348 g/mol. The quantitative estimate of drug-likeness (QED) is 0.742. The van der Waals surface area contributed by atoms with Gasteiger partial charge in [-0.05, 0) is 44.5 Å². The van der Waals surface area contributed by atoms with Gasteiger partial charge in [-0.3, -0.25) is 14.8 Å². The van der Waals surface area contributed by atoms with Gasteiger partial charge in [0.15, 0.2) is 5.69 Å². The van der Waals surface area contributed by atoms with Gasteiger partial charge in [0.25, 0.3) is 5.91 Å². The molecule has 0 spiro atoms. The highest BCUT2D eigenvalue weighted by Gasteiger charge is 2.24. The maximum atomic E-state index is 12.7. The van der Waals surface area contributed by atoms with Crippen LogP contribution in [0.2, 0.25) is 0 Å². The van der Waals surface area contributed by atoms with E-state index in [2.05, 4.69) is 51.6 Å². The lowest BCUT2D eigenvalue weighted by Gasteiger charge is -2.28. The minimum Gasteiger partial charge on any atom is -0.349 e. The normalized spacial score (nSPS) is 16.0. The number of likely N-dealkylation sites (tertiary alicyclic amines) is 1. The van der Waals surface area contributed by atoms with Crippen molar-refractivity contribution in [1.29, 1.82) is 0 Å². The summed E-state index contributed by atoms with van der Waals surface area (Å²) < 4.78 is 0. The summed E-state index contributed by atoms with van der Waals surface area (Å²) in [4.78, 5) is 15.2. The SMILES string of the molecule is Cc1ccc([C@@H](CNC(=O)c2n[nH]c3ccccc23)N2CCCC2)cc1. The van der Waals surface area contributed by atoms with Crippen molar-refractivity contribution >= 4 is 16.8 Å². The number of nitrogens with one attached hydrogen (secondary N) is 2. The molecule has 4 rings (SSSR count). The number of hydrogen-bond acceptors (Lipinski definition) is 3. The lowest BCUT2D eigenvalue weighted by atomic mass is 10.0. The minimum atomic E-state index is -0.126. The molecule has 5 heteroatoms. The molecule has 26 heavy (non-hydrogen) atoms. The lowest BCUT2D eigenvalue weighted by Crippen LogP contribution is -2.37. The van der Waals surface area contributed by atoms with Crippen molar-refractivity contribution < 1.29 is 4.79 Å². The molecule has 1 fully saturated rings. The van der Waals surface area contributed by atoms with Crippen molar-refractivity contribution in [3.05, 3.63) is 65.4 Å². The third-order valence-electron chi connectivity index (χ3n) is 5.18. The van der Waals surface area contributed by atoms with E-state index in [1.54, 1.807) is 0 Å². The Bertz CT molecular complexity index is 894. The van der Waals surface area contributed by atoms with Gasteiger partial charge in [0.1, 0.15) is 0 Å². The first kappa shape index (κ1) is 16.8. The van der Waals surface area contributed by atoms with Crippen LogP contribution in [-0.2, 0) is 0 Å². The highest BCUT2D eigenvalue weighted by Crippen LogP contribution is 2.25. The summed E-state index contributed by atoms with van der Waals surface area (Å²) in [7, 11) is 0. The van der Waals surface area contributed by atoms with Gasteiger partial charge in [0, 0.05) is 11.9 Å². The Hall–Kier alpha value is -2.66. The largest absolute Gasteiger partial charge is 0.349 e. The van der Waals surface area contributed by atoms with Crippen LogP contribution in [0.4, 0.5) is 0 Å². The van der Waals surface area contributed by atoms with E-state index in [0.29, 0.717) is 12.2 Å². The molecule has 0 radical (unpaired) electrons. The standard InChI is InChI=1S/C21H24N4O/c1-15-8-10-16(11-9-15)19(25-12-4-5-13-25)14-22-21(26)20-17-6-2-3-7-18(17)23-24-20/h2-3,6-11,19H,4-5,12-14H2,1H3,(H,22,26)(H,23,24)/t19-/m1/s1. The second-order valence-corrected chi connectivity index (χ2v) is 7.00. The Morgan fingerprint density at radius 3 is 2.65 bits per heavy atom. The molecule has 1 aromatic heterocycles. The van der Waals surface area contributed by atoms with Gasteiger partial charge in [0.05, 0.1) is 11.6 Å². The van der Waals surface area contributed by atoms with Crippen LogP contribution in [0.1, 0.15) is 40.5 Å². The van der Waals surface area contributed by atoms with Crippen LogP contribution in [0.5, 0.6) is 0 Å². The summed E-state index contributed by atoms with van der Waals surface area (Å²) in [6, 6.07) is 16.5. The van der Waals surface area contributed by atoms with Gasteiger partial charge < -0.3 is 5.32 Å². The number of aryl methyl sites for hydroxylation is 1. The van der Waals surface area contributed by atoms with Gasteiger partial charge in [0.2, 0.25) is 0 Å². The maximum Gasteiger partial charge on any atom is 0.272 e. The summed E-state index contributed by atoms with van der Waals surface area (Å²) in [5, 5.41) is 11.1. The van der Waals surface area contributed by atoms with Crippen molar-refractivity contribution in [2.45, 2.75) is 25.8 Å². The van der Waals surface area contributed by atoms with Crippen molar-refractivity contribution in [3.8, 4) is 0 Å². The molecule has 5 nitrogen and oxygen atoms in total. The van der Waals surface area contributed by atoms with Gasteiger partial charge in [-0.2, -0.15) is 5.10 Å². The lowest BCUT2D eigenvalue weighted by molar-refractivity contribution is 0.0934. The smallest absolute Gasteiger partial charge is 0.272 e. The van der Waals surface area contributed by atoms with Crippen LogP contribution in [0.15, 0.2) is 48.5 Å². The average Bonchev–Trinajstić information content (AvgIpc) is 3.33. The fraction of sp³-hybridized carbons (Fsp3) is 0.333. The summed E-state index contributed by atoms with van der Waals surface area (Å²) in [6.45, 7) is 4.85. The van der Waals surface area contributed by atoms with Crippen molar-refractivity contribution in [2.75, 3.05) is 19.6 Å². The number of aromatic amines is 1. The number of aromatic nitrogens is 2.